The van der Waals surface area contributed by atoms with Crippen LogP contribution in [0.2, 0.25) is 0 Å². The van der Waals surface area contributed by atoms with Crippen molar-refractivity contribution in [2.75, 3.05) is 13.1 Å². The second-order valence-electron chi connectivity index (χ2n) is 3.63. The summed E-state index contributed by atoms with van der Waals surface area (Å²) in [6, 6.07) is -0.0487. The molecule has 2 nitrogen and oxygen atoms in total. The summed E-state index contributed by atoms with van der Waals surface area (Å²) >= 11 is 4.91. The Morgan fingerprint density at radius 2 is 1.71 bits per heavy atom. The number of ketones is 1. The van der Waals surface area contributed by atoms with Crippen molar-refractivity contribution in [3.63, 3.8) is 0 Å². The van der Waals surface area contributed by atoms with Gasteiger partial charge in [0, 0.05) is 0 Å². The zero-order valence-electron chi connectivity index (χ0n) is 9.67. The van der Waals surface area contributed by atoms with E-state index in [4.69, 9.17) is 12.2 Å². The average molecular weight is 215 g/mol. The molecule has 0 aliphatic heterocycles. The van der Waals surface area contributed by atoms with E-state index in [1.54, 1.807) is 6.92 Å². The maximum Gasteiger partial charge on any atom is 0.186 e. The number of hydrogen-bond acceptors (Lipinski definition) is 3. The van der Waals surface area contributed by atoms with Crippen LogP contribution in [0.4, 0.5) is 0 Å². The molecule has 0 radical (unpaired) electrons. The lowest BCUT2D eigenvalue weighted by Gasteiger charge is -2.26. The highest BCUT2D eigenvalue weighted by Gasteiger charge is 2.20. The van der Waals surface area contributed by atoms with E-state index in [-0.39, 0.29) is 11.8 Å². The lowest BCUT2D eigenvalue weighted by molar-refractivity contribution is -0.117. The maximum absolute atomic E-state index is 11.7. The molecule has 3 heteroatoms. The highest BCUT2D eigenvalue weighted by Crippen LogP contribution is 2.04. The highest BCUT2D eigenvalue weighted by molar-refractivity contribution is 7.82. The van der Waals surface area contributed by atoms with Gasteiger partial charge >= 0.3 is 0 Å². The summed E-state index contributed by atoms with van der Waals surface area (Å²) in [7, 11) is 0. The quantitative estimate of drug-likeness (QED) is 0.608. The number of thiocarbonyl (C=S) groups is 1. The number of carbonyl (C=O) groups excluding carboxylic acids is 1. The van der Waals surface area contributed by atoms with Crippen LogP contribution in [0.1, 0.15) is 40.5 Å². The van der Waals surface area contributed by atoms with E-state index in [0.717, 1.165) is 25.9 Å². The standard InChI is InChI=1S/C11H21NOS/c1-5-7-12(8-6-2)9(3)11(13)10(4)14/h9H,5-8H2,1-4H3/t9-/m1/s1. The van der Waals surface area contributed by atoms with Crippen LogP contribution in [0.3, 0.4) is 0 Å². The van der Waals surface area contributed by atoms with Crippen LogP contribution in [-0.2, 0) is 4.79 Å². The van der Waals surface area contributed by atoms with Crippen LogP contribution in [0, 0.1) is 0 Å². The van der Waals surface area contributed by atoms with Crippen molar-refractivity contribution in [3.05, 3.63) is 0 Å². The summed E-state index contributed by atoms with van der Waals surface area (Å²) in [5.74, 6) is 0.0990. The third kappa shape index (κ3) is 4.29. The molecule has 1 atom stereocenters. The van der Waals surface area contributed by atoms with Gasteiger partial charge in [0.25, 0.3) is 0 Å². The van der Waals surface area contributed by atoms with Gasteiger partial charge in [-0.25, -0.2) is 0 Å². The van der Waals surface area contributed by atoms with Crippen LogP contribution in [0.5, 0.6) is 0 Å². The summed E-state index contributed by atoms with van der Waals surface area (Å²) in [5, 5.41) is 0. The van der Waals surface area contributed by atoms with Gasteiger partial charge in [-0.3, -0.25) is 9.69 Å². The molecule has 0 aliphatic rings. The van der Waals surface area contributed by atoms with E-state index in [1.807, 2.05) is 6.92 Å². The van der Waals surface area contributed by atoms with Crippen molar-refractivity contribution in [3.8, 4) is 0 Å². The normalized spacial score (nSPS) is 12.9. The molecule has 0 aromatic carbocycles. The Hall–Kier alpha value is -0.280. The molecule has 0 fully saturated rings. The first kappa shape index (κ1) is 13.7. The summed E-state index contributed by atoms with van der Waals surface area (Å²) in [6.45, 7) is 9.87. The lowest BCUT2D eigenvalue weighted by Crippen LogP contribution is -2.42. The summed E-state index contributed by atoms with van der Waals surface area (Å²) in [6.07, 6.45) is 2.15. The number of hydrogen-bond donors (Lipinski definition) is 0. The Bertz CT molecular complexity index is 197. The van der Waals surface area contributed by atoms with Gasteiger partial charge in [-0.15, -0.1) is 0 Å². The second kappa shape index (κ2) is 7.07. The lowest BCUT2D eigenvalue weighted by atomic mass is 10.1. The van der Waals surface area contributed by atoms with Crippen molar-refractivity contribution in [2.24, 2.45) is 0 Å². The van der Waals surface area contributed by atoms with Gasteiger partial charge in [-0.2, -0.15) is 0 Å². The molecule has 14 heavy (non-hydrogen) atoms. The predicted molar refractivity (Wildman–Crippen MR) is 64.9 cm³/mol. The van der Waals surface area contributed by atoms with Gasteiger partial charge in [-0.05, 0) is 39.8 Å². The molecule has 0 bridgehead atoms. The molecular formula is C11H21NOS. The Labute approximate surface area is 92.7 Å². The molecule has 0 N–H and O–H groups in total. The fourth-order valence-electron chi connectivity index (χ4n) is 1.53. The van der Waals surface area contributed by atoms with E-state index in [1.165, 1.54) is 0 Å². The minimum atomic E-state index is -0.0487. The minimum Gasteiger partial charge on any atom is -0.294 e. The van der Waals surface area contributed by atoms with Crippen molar-refractivity contribution < 1.29 is 4.79 Å². The fourth-order valence-corrected chi connectivity index (χ4v) is 1.70. The maximum atomic E-state index is 11.7. The number of nitrogens with zero attached hydrogens (tertiary/aromatic N) is 1. The first-order valence-corrected chi connectivity index (χ1v) is 5.74. The zero-order valence-corrected chi connectivity index (χ0v) is 10.5. The second-order valence-corrected chi connectivity index (χ2v) is 4.24. The average Bonchev–Trinajstić information content (AvgIpc) is 2.15. The predicted octanol–water partition coefficient (Wildman–Crippen LogP) is 2.46. The van der Waals surface area contributed by atoms with Crippen molar-refractivity contribution in [1.82, 2.24) is 4.90 Å². The molecular weight excluding hydrogens is 194 g/mol. The smallest absolute Gasteiger partial charge is 0.186 e. The van der Waals surface area contributed by atoms with Gasteiger partial charge in [-0.1, -0.05) is 26.1 Å². The van der Waals surface area contributed by atoms with Gasteiger partial charge < -0.3 is 0 Å². The molecule has 0 heterocycles. The zero-order chi connectivity index (χ0) is 11.1. The van der Waals surface area contributed by atoms with Crippen molar-refractivity contribution >= 4 is 22.9 Å². The fraction of sp³-hybridized carbons (Fsp3) is 0.818. The molecule has 82 valence electrons. The monoisotopic (exact) mass is 215 g/mol. The van der Waals surface area contributed by atoms with Crippen molar-refractivity contribution in [2.45, 2.75) is 46.6 Å². The molecule has 0 aromatic rings. The minimum absolute atomic E-state index is 0.0487. The molecule has 0 saturated carbocycles. The summed E-state index contributed by atoms with van der Waals surface area (Å²) in [5.41, 5.74) is 0. The van der Waals surface area contributed by atoms with Gasteiger partial charge in [0.1, 0.15) is 0 Å². The number of Topliss-reactive ketones (excluding diaryl/α,β-unsaturated/α-hetero) is 1. The third-order valence-corrected chi connectivity index (χ3v) is 2.50. The molecule has 0 saturated heterocycles. The number of carbonyl (C=O) groups is 1. The number of rotatable bonds is 7. The molecule has 0 aromatic heterocycles. The molecule has 0 amide bonds. The van der Waals surface area contributed by atoms with E-state index >= 15 is 0 Å². The molecule has 0 spiro atoms. The van der Waals surface area contributed by atoms with Crippen LogP contribution >= 0.6 is 12.2 Å². The van der Waals surface area contributed by atoms with E-state index in [9.17, 15) is 4.79 Å². The Morgan fingerprint density at radius 1 is 1.29 bits per heavy atom. The topological polar surface area (TPSA) is 20.3 Å². The first-order valence-electron chi connectivity index (χ1n) is 5.33. The Kier molecular flexibility index (Phi) is 6.93. The Morgan fingerprint density at radius 3 is 2.00 bits per heavy atom. The Balaban J connectivity index is 4.33. The summed E-state index contributed by atoms with van der Waals surface area (Å²) in [4.78, 5) is 14.4. The molecule has 0 unspecified atom stereocenters. The largest absolute Gasteiger partial charge is 0.294 e. The highest BCUT2D eigenvalue weighted by atomic mass is 32.1. The third-order valence-electron chi connectivity index (χ3n) is 2.30. The van der Waals surface area contributed by atoms with Gasteiger partial charge in [0.2, 0.25) is 0 Å². The first-order chi connectivity index (χ1) is 6.54. The van der Waals surface area contributed by atoms with Crippen LogP contribution < -0.4 is 0 Å². The van der Waals surface area contributed by atoms with Gasteiger partial charge in [0.15, 0.2) is 5.78 Å². The van der Waals surface area contributed by atoms with Gasteiger partial charge in [0.05, 0.1) is 10.9 Å². The van der Waals surface area contributed by atoms with Crippen LogP contribution in [0.15, 0.2) is 0 Å². The van der Waals surface area contributed by atoms with E-state index in [0.29, 0.717) is 4.86 Å². The van der Waals surface area contributed by atoms with Crippen LogP contribution in [-0.4, -0.2) is 34.7 Å². The van der Waals surface area contributed by atoms with E-state index in [2.05, 4.69) is 18.7 Å². The van der Waals surface area contributed by atoms with E-state index < -0.39 is 0 Å². The molecule has 0 rings (SSSR count). The molecule has 0 aliphatic carbocycles. The summed E-state index contributed by atoms with van der Waals surface area (Å²) < 4.78 is 0. The SMILES string of the molecule is CCCN(CCC)[C@H](C)C(=O)C(C)=S. The van der Waals surface area contributed by atoms with Crippen LogP contribution in [0.25, 0.3) is 0 Å². The van der Waals surface area contributed by atoms with Crippen molar-refractivity contribution in [1.29, 1.82) is 0 Å².